The van der Waals surface area contributed by atoms with Gasteiger partial charge in [0.25, 0.3) is 0 Å². The summed E-state index contributed by atoms with van der Waals surface area (Å²) < 4.78 is 7.92. The number of para-hydroxylation sites is 1. The Bertz CT molecular complexity index is 589. The molecule has 0 unspecified atom stereocenters. The summed E-state index contributed by atoms with van der Waals surface area (Å²) in [7, 11) is 0. The quantitative estimate of drug-likeness (QED) is 0.709. The Labute approximate surface area is 124 Å². The number of halogens is 1. The molecule has 1 fully saturated rings. The number of fused-ring (bicyclic) bond motifs is 1. The lowest BCUT2D eigenvalue weighted by molar-refractivity contribution is 0.343. The molecule has 3 nitrogen and oxygen atoms in total. The summed E-state index contributed by atoms with van der Waals surface area (Å²) in [5.74, 6) is 3.23. The Hall–Kier alpha value is -1.22. The number of ether oxygens (including phenoxy) is 1. The molecule has 0 saturated heterocycles. The van der Waals surface area contributed by atoms with E-state index in [-0.39, 0.29) is 0 Å². The maximum atomic E-state index is 6.06. The number of alkyl halides is 1. The van der Waals surface area contributed by atoms with E-state index in [9.17, 15) is 0 Å². The fourth-order valence-electron chi connectivity index (χ4n) is 2.74. The van der Waals surface area contributed by atoms with Crippen molar-refractivity contribution in [3.8, 4) is 5.75 Å². The Morgan fingerprint density at radius 3 is 2.95 bits per heavy atom. The Kier molecular flexibility index (Phi) is 4.16. The van der Waals surface area contributed by atoms with Gasteiger partial charge in [-0.15, -0.1) is 11.6 Å². The summed E-state index contributed by atoms with van der Waals surface area (Å²) in [6, 6.07) is 6.12. The lowest BCUT2D eigenvalue weighted by Gasteiger charge is -2.08. The number of imidazole rings is 1. The summed E-state index contributed by atoms with van der Waals surface area (Å²) in [4.78, 5) is 4.67. The molecule has 0 atom stereocenters. The third-order valence-electron chi connectivity index (χ3n) is 3.93. The molecule has 0 spiro atoms. The third kappa shape index (κ3) is 2.78. The van der Waals surface area contributed by atoms with Gasteiger partial charge in [0.2, 0.25) is 0 Å². The molecule has 1 aliphatic rings. The van der Waals surface area contributed by atoms with Gasteiger partial charge in [-0.1, -0.05) is 18.9 Å². The van der Waals surface area contributed by atoms with E-state index in [1.54, 1.807) is 0 Å². The molecule has 1 aromatic heterocycles. The number of aryl methyl sites for hydroxylation is 1. The second kappa shape index (κ2) is 6.04. The highest BCUT2D eigenvalue weighted by Crippen LogP contribution is 2.34. The highest BCUT2D eigenvalue weighted by molar-refractivity contribution is 6.16. The highest BCUT2D eigenvalue weighted by atomic mass is 35.5. The van der Waals surface area contributed by atoms with Crippen molar-refractivity contribution in [3.63, 3.8) is 0 Å². The van der Waals surface area contributed by atoms with Crippen LogP contribution in [0.4, 0.5) is 0 Å². The van der Waals surface area contributed by atoms with Crippen LogP contribution in [-0.2, 0) is 12.4 Å². The zero-order chi connectivity index (χ0) is 13.9. The molecule has 1 saturated carbocycles. The average Bonchev–Trinajstić information content (AvgIpc) is 3.21. The lowest BCUT2D eigenvalue weighted by atomic mass is 10.2. The minimum atomic E-state index is 0.448. The first-order valence-electron chi connectivity index (χ1n) is 7.50. The summed E-state index contributed by atoms with van der Waals surface area (Å²) in [6.45, 7) is 3.66. The number of rotatable bonds is 7. The van der Waals surface area contributed by atoms with Crippen molar-refractivity contribution >= 4 is 22.6 Å². The van der Waals surface area contributed by atoms with Gasteiger partial charge in [0.05, 0.1) is 18.0 Å². The van der Waals surface area contributed by atoms with Crippen molar-refractivity contribution in [3.05, 3.63) is 24.0 Å². The van der Waals surface area contributed by atoms with Crippen LogP contribution >= 0.6 is 11.6 Å². The van der Waals surface area contributed by atoms with E-state index in [0.717, 1.165) is 35.1 Å². The van der Waals surface area contributed by atoms with Crippen molar-refractivity contribution < 1.29 is 4.74 Å². The van der Waals surface area contributed by atoms with E-state index in [1.807, 2.05) is 19.1 Å². The number of hydrogen-bond acceptors (Lipinski definition) is 2. The van der Waals surface area contributed by atoms with E-state index >= 15 is 0 Å². The highest BCUT2D eigenvalue weighted by Gasteiger charge is 2.21. The standard InChI is InChI=1S/C16H21ClN2O/c1-2-20-14-7-3-6-13-16(14)18-15(11-17)19(13)10-4-5-12-8-9-12/h3,6-7,12H,2,4-5,8-11H2,1H3. The normalized spacial score (nSPS) is 14.9. The largest absolute Gasteiger partial charge is 0.492 e. The van der Waals surface area contributed by atoms with Crippen LogP contribution in [0.2, 0.25) is 0 Å². The number of hydrogen-bond donors (Lipinski definition) is 0. The second-order valence-corrected chi connectivity index (χ2v) is 5.72. The van der Waals surface area contributed by atoms with Gasteiger partial charge in [-0.3, -0.25) is 0 Å². The van der Waals surface area contributed by atoms with Crippen LogP contribution < -0.4 is 4.74 Å². The van der Waals surface area contributed by atoms with Gasteiger partial charge in [-0.2, -0.15) is 0 Å². The van der Waals surface area contributed by atoms with Gasteiger partial charge in [0, 0.05) is 6.54 Å². The van der Waals surface area contributed by atoms with Gasteiger partial charge in [-0.25, -0.2) is 4.98 Å². The lowest BCUT2D eigenvalue weighted by Crippen LogP contribution is -2.02. The van der Waals surface area contributed by atoms with Gasteiger partial charge in [0.1, 0.15) is 17.1 Å². The van der Waals surface area contributed by atoms with E-state index in [1.165, 1.54) is 25.7 Å². The van der Waals surface area contributed by atoms with Crippen LogP contribution in [0.1, 0.15) is 38.4 Å². The van der Waals surface area contributed by atoms with Crippen molar-refractivity contribution in [2.75, 3.05) is 6.61 Å². The first-order valence-corrected chi connectivity index (χ1v) is 8.03. The first-order chi connectivity index (χ1) is 9.83. The van der Waals surface area contributed by atoms with Gasteiger partial charge in [-0.05, 0) is 37.8 Å². The topological polar surface area (TPSA) is 27.1 Å². The van der Waals surface area contributed by atoms with Crippen LogP contribution in [0.3, 0.4) is 0 Å². The van der Waals surface area contributed by atoms with Crippen LogP contribution in [-0.4, -0.2) is 16.2 Å². The molecule has 108 valence electrons. The number of benzene rings is 1. The maximum Gasteiger partial charge on any atom is 0.147 e. The molecule has 20 heavy (non-hydrogen) atoms. The van der Waals surface area contributed by atoms with E-state index in [4.69, 9.17) is 16.3 Å². The number of aromatic nitrogens is 2. The summed E-state index contributed by atoms with van der Waals surface area (Å²) in [5, 5.41) is 0. The Morgan fingerprint density at radius 2 is 2.25 bits per heavy atom. The van der Waals surface area contributed by atoms with Gasteiger partial charge in [0.15, 0.2) is 0 Å². The molecule has 4 heteroatoms. The van der Waals surface area contributed by atoms with E-state index in [0.29, 0.717) is 12.5 Å². The SMILES string of the molecule is CCOc1cccc2c1nc(CCl)n2CCCC1CC1. The van der Waals surface area contributed by atoms with Crippen molar-refractivity contribution in [2.24, 2.45) is 5.92 Å². The monoisotopic (exact) mass is 292 g/mol. The first kappa shape index (κ1) is 13.7. The molecular formula is C16H21ClN2O. The molecule has 3 rings (SSSR count). The van der Waals surface area contributed by atoms with E-state index in [2.05, 4.69) is 15.6 Å². The summed E-state index contributed by atoms with van der Waals surface area (Å²) in [5.41, 5.74) is 2.08. The smallest absolute Gasteiger partial charge is 0.147 e. The van der Waals surface area contributed by atoms with Crippen molar-refractivity contribution in [2.45, 2.75) is 45.0 Å². The van der Waals surface area contributed by atoms with Gasteiger partial charge < -0.3 is 9.30 Å². The molecular weight excluding hydrogens is 272 g/mol. The molecule has 2 aromatic rings. The van der Waals surface area contributed by atoms with Gasteiger partial charge >= 0.3 is 0 Å². The minimum absolute atomic E-state index is 0.448. The Balaban J connectivity index is 1.89. The predicted molar refractivity (Wildman–Crippen MR) is 82.4 cm³/mol. The zero-order valence-electron chi connectivity index (χ0n) is 11.9. The van der Waals surface area contributed by atoms with Crippen LogP contribution in [0.25, 0.3) is 11.0 Å². The molecule has 0 aliphatic heterocycles. The average molecular weight is 293 g/mol. The summed E-state index contributed by atoms with van der Waals surface area (Å²) >= 11 is 6.06. The Morgan fingerprint density at radius 1 is 1.40 bits per heavy atom. The summed E-state index contributed by atoms with van der Waals surface area (Å²) in [6.07, 6.45) is 5.37. The fraction of sp³-hybridized carbons (Fsp3) is 0.562. The second-order valence-electron chi connectivity index (χ2n) is 5.46. The number of nitrogens with zero attached hydrogens (tertiary/aromatic N) is 2. The van der Waals surface area contributed by atoms with Crippen LogP contribution in [0, 0.1) is 5.92 Å². The van der Waals surface area contributed by atoms with Crippen LogP contribution in [0.15, 0.2) is 18.2 Å². The molecule has 0 radical (unpaired) electrons. The molecule has 0 N–H and O–H groups in total. The zero-order valence-corrected chi connectivity index (χ0v) is 12.7. The molecule has 0 amide bonds. The minimum Gasteiger partial charge on any atom is -0.492 e. The van der Waals surface area contributed by atoms with Crippen molar-refractivity contribution in [1.29, 1.82) is 0 Å². The third-order valence-corrected chi connectivity index (χ3v) is 4.17. The molecule has 1 aliphatic carbocycles. The molecule has 1 heterocycles. The van der Waals surface area contributed by atoms with E-state index < -0.39 is 0 Å². The van der Waals surface area contributed by atoms with Crippen molar-refractivity contribution in [1.82, 2.24) is 9.55 Å². The molecule has 0 bridgehead atoms. The van der Waals surface area contributed by atoms with Crippen LogP contribution in [0.5, 0.6) is 5.75 Å². The predicted octanol–water partition coefficient (Wildman–Crippen LogP) is 4.36. The fourth-order valence-corrected chi connectivity index (χ4v) is 2.94. The molecule has 1 aromatic carbocycles. The maximum absolute atomic E-state index is 6.06.